The van der Waals surface area contributed by atoms with E-state index in [0.29, 0.717) is 6.61 Å². The number of hydrogen-bond donors (Lipinski definition) is 1. The average molecular weight is 288 g/mol. The normalized spacial score (nSPS) is 10.0. The number of rotatable bonds is 5. The van der Waals surface area contributed by atoms with Crippen molar-refractivity contribution in [1.29, 1.82) is 0 Å². The number of benzene rings is 2. The maximum absolute atomic E-state index is 11.6. The van der Waals surface area contributed by atoms with E-state index in [0.717, 1.165) is 5.56 Å². The molecule has 2 aromatic rings. The first-order chi connectivity index (χ1) is 10.2. The largest absolute Gasteiger partial charge is 0.504 e. The van der Waals surface area contributed by atoms with Crippen LogP contribution in [0.4, 0.5) is 0 Å². The lowest BCUT2D eigenvalue weighted by Crippen LogP contribution is -2.04. The van der Waals surface area contributed by atoms with E-state index in [1.807, 2.05) is 30.3 Å². The lowest BCUT2D eigenvalue weighted by Gasteiger charge is -2.13. The van der Waals surface area contributed by atoms with Crippen LogP contribution in [0.3, 0.4) is 0 Å². The van der Waals surface area contributed by atoms with Gasteiger partial charge in [0, 0.05) is 0 Å². The average Bonchev–Trinajstić information content (AvgIpc) is 2.52. The molecular formula is C16H16O5. The molecule has 0 aromatic heterocycles. The maximum Gasteiger partial charge on any atom is 0.338 e. The first-order valence-electron chi connectivity index (χ1n) is 6.31. The maximum atomic E-state index is 11.6. The Kier molecular flexibility index (Phi) is 4.66. The molecule has 0 aliphatic rings. The van der Waals surface area contributed by atoms with E-state index >= 15 is 0 Å². The fourth-order valence-electron chi connectivity index (χ4n) is 1.87. The van der Waals surface area contributed by atoms with Gasteiger partial charge in [0.05, 0.1) is 19.8 Å². The molecule has 0 heterocycles. The van der Waals surface area contributed by atoms with E-state index in [-0.39, 0.29) is 22.8 Å². The fraction of sp³-hybridized carbons (Fsp3) is 0.188. The highest BCUT2D eigenvalue weighted by molar-refractivity contribution is 5.91. The van der Waals surface area contributed by atoms with E-state index in [1.54, 1.807) is 0 Å². The molecule has 0 aliphatic heterocycles. The zero-order chi connectivity index (χ0) is 15.2. The summed E-state index contributed by atoms with van der Waals surface area (Å²) in [7, 11) is 2.69. The van der Waals surface area contributed by atoms with Crippen molar-refractivity contribution >= 4 is 5.97 Å². The lowest BCUT2D eigenvalue weighted by molar-refractivity contribution is 0.0599. The van der Waals surface area contributed by atoms with Gasteiger partial charge in [-0.05, 0) is 17.7 Å². The molecule has 2 rings (SSSR count). The van der Waals surface area contributed by atoms with Crippen LogP contribution >= 0.6 is 0 Å². The molecule has 0 fully saturated rings. The highest BCUT2D eigenvalue weighted by Crippen LogP contribution is 2.38. The second-order valence-electron chi connectivity index (χ2n) is 4.29. The van der Waals surface area contributed by atoms with Crippen LogP contribution in [-0.2, 0) is 11.3 Å². The first-order valence-corrected chi connectivity index (χ1v) is 6.31. The lowest BCUT2D eigenvalue weighted by atomic mass is 10.2. The highest BCUT2D eigenvalue weighted by Gasteiger charge is 2.16. The SMILES string of the molecule is COC(=O)c1cc(O)c(OC)c(OCc2ccccc2)c1. The van der Waals surface area contributed by atoms with Crippen LogP contribution in [0.15, 0.2) is 42.5 Å². The summed E-state index contributed by atoms with van der Waals surface area (Å²) in [4.78, 5) is 11.6. The van der Waals surface area contributed by atoms with Crippen LogP contribution in [0.2, 0.25) is 0 Å². The molecule has 0 bridgehead atoms. The molecule has 110 valence electrons. The molecule has 2 aromatic carbocycles. The van der Waals surface area contributed by atoms with Crippen molar-refractivity contribution in [3.05, 3.63) is 53.6 Å². The molecule has 0 unspecified atom stereocenters. The van der Waals surface area contributed by atoms with E-state index < -0.39 is 5.97 Å². The summed E-state index contributed by atoms with van der Waals surface area (Å²) in [6.07, 6.45) is 0. The molecule has 5 nitrogen and oxygen atoms in total. The van der Waals surface area contributed by atoms with Crippen molar-refractivity contribution in [3.63, 3.8) is 0 Å². The zero-order valence-electron chi connectivity index (χ0n) is 11.8. The number of ether oxygens (including phenoxy) is 3. The molecule has 0 amide bonds. The summed E-state index contributed by atoms with van der Waals surface area (Å²) in [6.45, 7) is 0.293. The van der Waals surface area contributed by atoms with Crippen LogP contribution in [0.25, 0.3) is 0 Å². The van der Waals surface area contributed by atoms with Gasteiger partial charge < -0.3 is 19.3 Å². The molecule has 0 radical (unpaired) electrons. The third-order valence-electron chi connectivity index (χ3n) is 2.90. The number of carbonyl (C=O) groups is 1. The Balaban J connectivity index is 2.27. The molecule has 0 atom stereocenters. The van der Waals surface area contributed by atoms with Gasteiger partial charge in [-0.25, -0.2) is 4.79 Å². The third-order valence-corrected chi connectivity index (χ3v) is 2.90. The van der Waals surface area contributed by atoms with Crippen molar-refractivity contribution in [1.82, 2.24) is 0 Å². The highest BCUT2D eigenvalue weighted by atomic mass is 16.5. The summed E-state index contributed by atoms with van der Waals surface area (Å²) in [5, 5.41) is 9.90. The first kappa shape index (κ1) is 14.7. The van der Waals surface area contributed by atoms with E-state index in [4.69, 9.17) is 9.47 Å². The van der Waals surface area contributed by atoms with Crippen LogP contribution < -0.4 is 9.47 Å². The van der Waals surface area contributed by atoms with Gasteiger partial charge in [-0.1, -0.05) is 30.3 Å². The van der Waals surface area contributed by atoms with Gasteiger partial charge in [0.25, 0.3) is 0 Å². The molecule has 1 N–H and O–H groups in total. The van der Waals surface area contributed by atoms with Crippen LogP contribution in [0.5, 0.6) is 17.2 Å². The second kappa shape index (κ2) is 6.65. The fourth-order valence-corrected chi connectivity index (χ4v) is 1.87. The smallest absolute Gasteiger partial charge is 0.338 e. The number of methoxy groups -OCH3 is 2. The second-order valence-corrected chi connectivity index (χ2v) is 4.29. The number of carbonyl (C=O) groups excluding carboxylic acids is 1. The van der Waals surface area contributed by atoms with Crippen molar-refractivity contribution in [3.8, 4) is 17.2 Å². The van der Waals surface area contributed by atoms with Gasteiger partial charge in [0.15, 0.2) is 11.5 Å². The number of phenolic OH excluding ortho intramolecular Hbond substituents is 1. The predicted octanol–water partition coefficient (Wildman–Crippen LogP) is 2.77. The topological polar surface area (TPSA) is 65.0 Å². The number of aromatic hydroxyl groups is 1. The standard InChI is InChI=1S/C16H16O5/c1-19-15-13(17)8-12(16(18)20-2)9-14(15)21-10-11-6-4-3-5-7-11/h3-9,17H,10H2,1-2H3. The zero-order valence-corrected chi connectivity index (χ0v) is 11.8. The Morgan fingerprint density at radius 1 is 1.14 bits per heavy atom. The van der Waals surface area contributed by atoms with Crippen molar-refractivity contribution < 1.29 is 24.1 Å². The van der Waals surface area contributed by atoms with Crippen molar-refractivity contribution in [2.75, 3.05) is 14.2 Å². The van der Waals surface area contributed by atoms with Gasteiger partial charge in [0.1, 0.15) is 6.61 Å². The summed E-state index contributed by atoms with van der Waals surface area (Å²) in [5.41, 5.74) is 1.15. The minimum atomic E-state index is -0.558. The summed E-state index contributed by atoms with van der Waals surface area (Å²) in [6, 6.07) is 12.3. The molecule has 0 saturated heterocycles. The van der Waals surface area contributed by atoms with Crippen LogP contribution in [0, 0.1) is 0 Å². The van der Waals surface area contributed by atoms with Gasteiger partial charge in [-0.3, -0.25) is 0 Å². The third kappa shape index (κ3) is 3.45. The molecule has 0 spiro atoms. The van der Waals surface area contributed by atoms with E-state index in [1.165, 1.54) is 26.4 Å². The molecular weight excluding hydrogens is 272 g/mol. The molecule has 0 aliphatic carbocycles. The number of phenols is 1. The van der Waals surface area contributed by atoms with E-state index in [2.05, 4.69) is 4.74 Å². The molecule has 21 heavy (non-hydrogen) atoms. The summed E-state index contributed by atoms with van der Waals surface area (Å²) < 4.78 is 15.4. The van der Waals surface area contributed by atoms with Gasteiger partial charge in [-0.15, -0.1) is 0 Å². The Morgan fingerprint density at radius 3 is 2.48 bits per heavy atom. The number of esters is 1. The summed E-state index contributed by atoms with van der Waals surface area (Å²) >= 11 is 0. The van der Waals surface area contributed by atoms with Crippen LogP contribution in [-0.4, -0.2) is 25.3 Å². The Labute approximate surface area is 122 Å². The Hall–Kier alpha value is -2.69. The molecule has 5 heteroatoms. The Bertz CT molecular complexity index is 622. The van der Waals surface area contributed by atoms with Crippen molar-refractivity contribution in [2.45, 2.75) is 6.61 Å². The van der Waals surface area contributed by atoms with E-state index in [9.17, 15) is 9.90 Å². The minimum absolute atomic E-state index is 0.177. The monoisotopic (exact) mass is 288 g/mol. The van der Waals surface area contributed by atoms with Gasteiger partial charge >= 0.3 is 5.97 Å². The summed E-state index contributed by atoms with van der Waals surface area (Å²) in [5.74, 6) is -0.277. The Morgan fingerprint density at radius 2 is 1.86 bits per heavy atom. The van der Waals surface area contributed by atoms with Gasteiger partial charge in [-0.2, -0.15) is 0 Å². The van der Waals surface area contributed by atoms with Crippen molar-refractivity contribution in [2.24, 2.45) is 0 Å². The number of hydrogen-bond acceptors (Lipinski definition) is 5. The predicted molar refractivity (Wildman–Crippen MR) is 76.8 cm³/mol. The quantitative estimate of drug-likeness (QED) is 0.857. The van der Waals surface area contributed by atoms with Gasteiger partial charge in [0.2, 0.25) is 5.75 Å². The minimum Gasteiger partial charge on any atom is -0.504 e. The van der Waals surface area contributed by atoms with Crippen LogP contribution in [0.1, 0.15) is 15.9 Å². The molecule has 0 saturated carbocycles.